The first-order valence-corrected chi connectivity index (χ1v) is 11.0. The predicted octanol–water partition coefficient (Wildman–Crippen LogP) is 3.23. The lowest BCUT2D eigenvalue weighted by atomic mass is 9.73. The van der Waals surface area contributed by atoms with Crippen molar-refractivity contribution in [2.24, 2.45) is 7.05 Å². The van der Waals surface area contributed by atoms with Crippen molar-refractivity contribution in [1.82, 2.24) is 19.7 Å². The third-order valence-corrected chi connectivity index (χ3v) is 7.15. The molecule has 7 heteroatoms. The molecule has 1 saturated heterocycles. The van der Waals surface area contributed by atoms with Crippen LogP contribution in [0, 0.1) is 13.8 Å². The summed E-state index contributed by atoms with van der Waals surface area (Å²) in [6.45, 7) is 4.55. The average Bonchev–Trinajstić information content (AvgIpc) is 3.41. The average molecular weight is 430 g/mol. The summed E-state index contributed by atoms with van der Waals surface area (Å²) < 4.78 is 1.86. The lowest BCUT2D eigenvalue weighted by molar-refractivity contribution is -0.133. The third-order valence-electron chi connectivity index (χ3n) is 7.15. The van der Waals surface area contributed by atoms with Gasteiger partial charge in [0.25, 0.3) is 0 Å². The van der Waals surface area contributed by atoms with E-state index in [1.165, 1.54) is 0 Å². The number of hydrogen-bond donors (Lipinski definition) is 1. The van der Waals surface area contributed by atoms with Gasteiger partial charge in [0.2, 0.25) is 11.8 Å². The molecular weight excluding hydrogens is 402 g/mol. The second kappa shape index (κ2) is 7.58. The summed E-state index contributed by atoms with van der Waals surface area (Å²) in [4.78, 5) is 33.1. The molecule has 2 unspecified atom stereocenters. The molecule has 2 aliphatic rings. The molecule has 0 bridgehead atoms. The second-order valence-electron chi connectivity index (χ2n) is 8.77. The maximum absolute atomic E-state index is 13.5. The van der Waals surface area contributed by atoms with E-state index in [-0.39, 0.29) is 17.9 Å². The Labute approximate surface area is 187 Å². The van der Waals surface area contributed by atoms with Gasteiger partial charge in [-0.1, -0.05) is 24.3 Å². The zero-order chi connectivity index (χ0) is 22.5. The standard InChI is InChI=1S/C25H27N5O2/c1-16-19(17(2)29(3)28-16)10-11-22(31)30-14-12-25(23(30)18-7-6-13-26-15-18)20-8-4-5-9-21(20)27-24(25)32/h4-9,13,15,23H,10-12,14H2,1-3H3,(H,27,32). The van der Waals surface area contributed by atoms with Crippen molar-refractivity contribution in [2.75, 3.05) is 11.9 Å². The van der Waals surface area contributed by atoms with Gasteiger partial charge in [-0.05, 0) is 55.5 Å². The number of anilines is 1. The minimum atomic E-state index is -0.796. The van der Waals surface area contributed by atoms with Crippen molar-refractivity contribution >= 4 is 17.5 Å². The summed E-state index contributed by atoms with van der Waals surface area (Å²) in [5.41, 5.74) is 5.06. The molecular formula is C25H27N5O2. The molecule has 2 aliphatic heterocycles. The van der Waals surface area contributed by atoms with E-state index < -0.39 is 5.41 Å². The maximum Gasteiger partial charge on any atom is 0.237 e. The monoisotopic (exact) mass is 429 g/mol. The first-order valence-electron chi connectivity index (χ1n) is 11.0. The molecule has 3 aromatic rings. The van der Waals surface area contributed by atoms with Crippen molar-refractivity contribution in [3.05, 3.63) is 76.9 Å². The number of likely N-dealkylation sites (tertiary alicyclic amines) is 1. The number of aromatic nitrogens is 3. The molecule has 0 aliphatic carbocycles. The van der Waals surface area contributed by atoms with Gasteiger partial charge in [-0.25, -0.2) is 0 Å². The van der Waals surface area contributed by atoms with Gasteiger partial charge in [-0.2, -0.15) is 5.10 Å². The predicted molar refractivity (Wildman–Crippen MR) is 121 cm³/mol. The van der Waals surface area contributed by atoms with E-state index >= 15 is 0 Å². The lowest BCUT2D eigenvalue weighted by Gasteiger charge is -2.34. The molecule has 2 amide bonds. The van der Waals surface area contributed by atoms with Crippen LogP contribution in [0.1, 0.15) is 47.0 Å². The van der Waals surface area contributed by atoms with Crippen LogP contribution in [0.4, 0.5) is 5.69 Å². The van der Waals surface area contributed by atoms with Crippen LogP contribution < -0.4 is 5.32 Å². The molecule has 4 heterocycles. The highest BCUT2D eigenvalue weighted by molar-refractivity contribution is 6.07. The largest absolute Gasteiger partial charge is 0.334 e. The lowest BCUT2D eigenvalue weighted by Crippen LogP contribution is -2.42. The van der Waals surface area contributed by atoms with Gasteiger partial charge in [0.05, 0.1) is 11.7 Å². The van der Waals surface area contributed by atoms with Crippen molar-refractivity contribution in [3.8, 4) is 0 Å². The van der Waals surface area contributed by atoms with Crippen molar-refractivity contribution < 1.29 is 9.59 Å². The highest BCUT2D eigenvalue weighted by atomic mass is 16.2. The molecule has 2 atom stereocenters. The van der Waals surface area contributed by atoms with Gasteiger partial charge in [0.15, 0.2) is 0 Å². The highest BCUT2D eigenvalue weighted by Crippen LogP contribution is 2.54. The molecule has 1 N–H and O–H groups in total. The van der Waals surface area contributed by atoms with Crippen molar-refractivity contribution in [2.45, 2.75) is 44.6 Å². The number of pyridine rings is 1. The zero-order valence-corrected chi connectivity index (χ0v) is 18.6. The number of amides is 2. The minimum Gasteiger partial charge on any atom is -0.334 e. The Kier molecular flexibility index (Phi) is 4.84. The SMILES string of the molecule is Cc1nn(C)c(C)c1CCC(=O)N1CCC2(C(=O)Nc3ccccc32)C1c1cccnc1. The Morgan fingerprint density at radius 3 is 2.75 bits per heavy atom. The van der Waals surface area contributed by atoms with Crippen LogP contribution in [0.15, 0.2) is 48.8 Å². The molecule has 164 valence electrons. The van der Waals surface area contributed by atoms with Gasteiger partial charge in [-0.3, -0.25) is 19.3 Å². The topological polar surface area (TPSA) is 80.1 Å². The first kappa shape index (κ1) is 20.4. The zero-order valence-electron chi connectivity index (χ0n) is 18.6. The second-order valence-corrected chi connectivity index (χ2v) is 8.77. The van der Waals surface area contributed by atoms with E-state index in [0.29, 0.717) is 25.8 Å². The summed E-state index contributed by atoms with van der Waals surface area (Å²) in [6, 6.07) is 11.3. The number of carbonyl (C=O) groups is 2. The Morgan fingerprint density at radius 2 is 2.03 bits per heavy atom. The minimum absolute atomic E-state index is 0.0400. The van der Waals surface area contributed by atoms with E-state index in [9.17, 15) is 9.59 Å². The number of rotatable bonds is 4. The maximum atomic E-state index is 13.5. The van der Waals surface area contributed by atoms with Crippen LogP contribution in [-0.4, -0.2) is 38.0 Å². The van der Waals surface area contributed by atoms with E-state index in [1.54, 1.807) is 12.4 Å². The Hall–Kier alpha value is -3.48. The van der Waals surface area contributed by atoms with Crippen LogP contribution >= 0.6 is 0 Å². The van der Waals surface area contributed by atoms with Gasteiger partial charge in [-0.15, -0.1) is 0 Å². The fourth-order valence-corrected chi connectivity index (χ4v) is 5.51. The van der Waals surface area contributed by atoms with Gasteiger partial charge >= 0.3 is 0 Å². The summed E-state index contributed by atoms with van der Waals surface area (Å²) in [5, 5.41) is 7.53. The Balaban J connectivity index is 1.50. The van der Waals surface area contributed by atoms with E-state index in [1.807, 2.05) is 66.9 Å². The number of aryl methyl sites for hydroxylation is 2. The van der Waals surface area contributed by atoms with E-state index in [2.05, 4.69) is 15.4 Å². The molecule has 32 heavy (non-hydrogen) atoms. The van der Waals surface area contributed by atoms with Crippen molar-refractivity contribution in [3.63, 3.8) is 0 Å². The normalized spacial score (nSPS) is 21.8. The van der Waals surface area contributed by atoms with Gasteiger partial charge in [0.1, 0.15) is 5.41 Å². The van der Waals surface area contributed by atoms with Crippen LogP contribution in [0.2, 0.25) is 0 Å². The van der Waals surface area contributed by atoms with Gasteiger partial charge in [0, 0.05) is 43.8 Å². The van der Waals surface area contributed by atoms with Crippen LogP contribution in [-0.2, 0) is 28.5 Å². The Morgan fingerprint density at radius 1 is 1.22 bits per heavy atom. The highest BCUT2D eigenvalue weighted by Gasteiger charge is 2.59. The first-order chi connectivity index (χ1) is 15.4. The molecule has 5 rings (SSSR count). The van der Waals surface area contributed by atoms with Crippen LogP contribution in [0.5, 0.6) is 0 Å². The van der Waals surface area contributed by atoms with Crippen LogP contribution in [0.25, 0.3) is 0 Å². The smallest absolute Gasteiger partial charge is 0.237 e. The molecule has 1 spiro atoms. The van der Waals surface area contributed by atoms with Gasteiger partial charge < -0.3 is 10.2 Å². The summed E-state index contributed by atoms with van der Waals surface area (Å²) >= 11 is 0. The molecule has 7 nitrogen and oxygen atoms in total. The molecule has 1 aromatic carbocycles. The number of benzene rings is 1. The fraction of sp³-hybridized carbons (Fsp3) is 0.360. The Bertz CT molecular complexity index is 1200. The number of nitrogens with one attached hydrogen (secondary N) is 1. The molecule has 0 saturated carbocycles. The number of para-hydroxylation sites is 1. The number of carbonyl (C=O) groups excluding carboxylic acids is 2. The summed E-state index contributed by atoms with van der Waals surface area (Å²) in [6.07, 6.45) is 5.10. The quantitative estimate of drug-likeness (QED) is 0.691. The van der Waals surface area contributed by atoms with Crippen LogP contribution in [0.3, 0.4) is 0 Å². The molecule has 0 radical (unpaired) electrons. The fourth-order valence-electron chi connectivity index (χ4n) is 5.51. The third kappa shape index (κ3) is 2.95. The molecule has 2 aromatic heterocycles. The summed E-state index contributed by atoms with van der Waals surface area (Å²) in [5.74, 6) is 0.0114. The van der Waals surface area contributed by atoms with Crippen molar-refractivity contribution in [1.29, 1.82) is 0 Å². The van der Waals surface area contributed by atoms with E-state index in [4.69, 9.17) is 0 Å². The number of nitrogens with zero attached hydrogens (tertiary/aromatic N) is 4. The summed E-state index contributed by atoms with van der Waals surface area (Å²) in [7, 11) is 1.92. The molecule has 1 fully saturated rings. The van der Waals surface area contributed by atoms with E-state index in [0.717, 1.165) is 33.8 Å². The number of hydrogen-bond acceptors (Lipinski definition) is 4. The number of fused-ring (bicyclic) bond motifs is 2.